The van der Waals surface area contributed by atoms with Gasteiger partial charge in [-0.25, -0.2) is 4.39 Å². The molecule has 0 N–H and O–H groups in total. The number of hydrogen-bond acceptors (Lipinski definition) is 5. The van der Waals surface area contributed by atoms with Gasteiger partial charge in [0, 0.05) is 18.2 Å². The van der Waals surface area contributed by atoms with E-state index in [0.29, 0.717) is 6.04 Å². The summed E-state index contributed by atoms with van der Waals surface area (Å²) in [6.45, 7) is 0. The predicted octanol–water partition coefficient (Wildman–Crippen LogP) is 2.97. The lowest BCUT2D eigenvalue weighted by Crippen LogP contribution is -2.32. The van der Waals surface area contributed by atoms with Crippen LogP contribution in [-0.2, 0) is 0 Å². The van der Waals surface area contributed by atoms with Crippen LogP contribution in [0.3, 0.4) is 0 Å². The van der Waals surface area contributed by atoms with Gasteiger partial charge >= 0.3 is 5.69 Å². The Balaban J connectivity index is 2.05. The molecular weight excluding hydrogens is 277 g/mol. The van der Waals surface area contributed by atoms with Gasteiger partial charge in [-0.2, -0.15) is 0 Å². The molecule has 21 heavy (non-hydrogen) atoms. The van der Waals surface area contributed by atoms with Crippen LogP contribution in [0.4, 0.5) is 10.1 Å². The Morgan fingerprint density at radius 2 is 2.05 bits per heavy atom. The first-order valence-corrected chi connectivity index (χ1v) is 6.80. The quantitative estimate of drug-likeness (QED) is 0.632. The van der Waals surface area contributed by atoms with Crippen LogP contribution in [0.2, 0.25) is 0 Å². The largest absolute Gasteiger partial charge is 0.350 e. The molecule has 6 nitrogen and oxygen atoms in total. The molecule has 1 aliphatic rings. The average molecular weight is 295 g/mol. The van der Waals surface area contributed by atoms with Crippen molar-refractivity contribution in [3.05, 3.63) is 34.1 Å². The molecule has 0 spiro atoms. The molecule has 0 heterocycles. The van der Waals surface area contributed by atoms with E-state index in [1.807, 2.05) is 14.1 Å². The van der Waals surface area contributed by atoms with Gasteiger partial charge in [-0.15, -0.1) is 0 Å². The van der Waals surface area contributed by atoms with Crippen molar-refractivity contribution in [1.29, 1.82) is 0 Å². The Morgan fingerprint density at radius 1 is 1.38 bits per heavy atom. The van der Waals surface area contributed by atoms with Gasteiger partial charge in [0.2, 0.25) is 5.75 Å². The van der Waals surface area contributed by atoms with Gasteiger partial charge in [0.25, 0.3) is 0 Å². The molecule has 0 atom stereocenters. The van der Waals surface area contributed by atoms with Crippen molar-refractivity contribution in [2.75, 3.05) is 14.1 Å². The summed E-state index contributed by atoms with van der Waals surface area (Å²) in [7, 11) is 4.08. The summed E-state index contributed by atoms with van der Waals surface area (Å²) in [6.07, 6.45) is 3.51. The number of nitro benzene ring substituents is 1. The Morgan fingerprint density at radius 3 is 2.62 bits per heavy atom. The van der Waals surface area contributed by atoms with Crippen molar-refractivity contribution >= 4 is 11.4 Å². The number of oxime groups is 1. The van der Waals surface area contributed by atoms with E-state index in [0.717, 1.165) is 49.6 Å². The first-order chi connectivity index (χ1) is 9.97. The van der Waals surface area contributed by atoms with Gasteiger partial charge in [0.15, 0.2) is 0 Å². The summed E-state index contributed by atoms with van der Waals surface area (Å²) < 4.78 is 13.2. The minimum Gasteiger partial charge on any atom is -0.350 e. The highest BCUT2D eigenvalue weighted by atomic mass is 19.1. The van der Waals surface area contributed by atoms with Crippen LogP contribution < -0.4 is 4.84 Å². The fourth-order valence-electron chi connectivity index (χ4n) is 2.37. The molecule has 1 aliphatic carbocycles. The lowest BCUT2D eigenvalue weighted by Gasteiger charge is -2.28. The van der Waals surface area contributed by atoms with E-state index in [1.165, 1.54) is 0 Å². The summed E-state index contributed by atoms with van der Waals surface area (Å²) in [5, 5.41) is 14.8. The fraction of sp³-hybridized carbons (Fsp3) is 0.500. The Labute approximate surface area is 122 Å². The second-order valence-electron chi connectivity index (χ2n) is 5.31. The van der Waals surface area contributed by atoms with Crippen LogP contribution in [0.1, 0.15) is 25.7 Å². The number of nitro groups is 1. The number of hydrogen-bond donors (Lipinski definition) is 0. The fourth-order valence-corrected chi connectivity index (χ4v) is 2.37. The maximum Gasteiger partial charge on any atom is 0.314 e. The van der Waals surface area contributed by atoms with Crippen LogP contribution in [-0.4, -0.2) is 35.7 Å². The molecule has 0 aliphatic heterocycles. The van der Waals surface area contributed by atoms with Crippen molar-refractivity contribution in [1.82, 2.24) is 4.90 Å². The van der Waals surface area contributed by atoms with E-state index in [4.69, 9.17) is 4.84 Å². The normalized spacial score (nSPS) is 18.7. The molecule has 1 aromatic carbocycles. The summed E-state index contributed by atoms with van der Waals surface area (Å²) >= 11 is 0. The smallest absolute Gasteiger partial charge is 0.314 e. The van der Waals surface area contributed by atoms with Crippen LogP contribution in [0.15, 0.2) is 23.4 Å². The maximum absolute atomic E-state index is 13.2. The third-order valence-corrected chi connectivity index (χ3v) is 3.65. The van der Waals surface area contributed by atoms with Gasteiger partial charge < -0.3 is 9.74 Å². The van der Waals surface area contributed by atoms with Crippen molar-refractivity contribution in [3.8, 4) is 5.75 Å². The standard InChI is InChI=1S/C14H18FN3O3/c1-17(2)12-6-4-11(5-7-12)16-21-14-9-10(15)3-8-13(14)18(19)20/h3,8-9,12H,4-7H2,1-2H3. The zero-order chi connectivity index (χ0) is 15.4. The van der Waals surface area contributed by atoms with E-state index in [1.54, 1.807) is 0 Å². The molecule has 0 radical (unpaired) electrons. The van der Waals surface area contributed by atoms with Crippen LogP contribution in [0.5, 0.6) is 5.75 Å². The molecule has 2 rings (SSSR count). The molecular formula is C14H18FN3O3. The molecule has 1 fully saturated rings. The monoisotopic (exact) mass is 295 g/mol. The number of rotatable bonds is 4. The molecule has 0 bridgehead atoms. The zero-order valence-electron chi connectivity index (χ0n) is 12.1. The van der Waals surface area contributed by atoms with E-state index in [9.17, 15) is 14.5 Å². The summed E-state index contributed by atoms with van der Waals surface area (Å²) in [4.78, 5) is 17.5. The van der Waals surface area contributed by atoms with E-state index < -0.39 is 10.7 Å². The molecule has 7 heteroatoms. The average Bonchev–Trinajstić information content (AvgIpc) is 2.45. The molecule has 114 valence electrons. The first kappa shape index (κ1) is 15.4. The number of halogens is 1. The van der Waals surface area contributed by atoms with Gasteiger partial charge in [0.1, 0.15) is 5.82 Å². The number of nitrogens with zero attached hydrogens (tertiary/aromatic N) is 3. The second-order valence-corrected chi connectivity index (χ2v) is 5.31. The van der Waals surface area contributed by atoms with Crippen molar-refractivity contribution in [2.24, 2.45) is 5.16 Å². The number of benzene rings is 1. The highest BCUT2D eigenvalue weighted by Gasteiger charge is 2.21. The maximum atomic E-state index is 13.2. The highest BCUT2D eigenvalue weighted by molar-refractivity contribution is 5.84. The minimum atomic E-state index is -0.613. The topological polar surface area (TPSA) is 68.0 Å². The SMILES string of the molecule is CN(C)C1CCC(=NOc2cc(F)ccc2[N+](=O)[O-])CC1. The van der Waals surface area contributed by atoms with E-state index in [2.05, 4.69) is 10.1 Å². The molecule has 0 aromatic heterocycles. The van der Waals surface area contributed by atoms with E-state index >= 15 is 0 Å². The molecule has 1 saturated carbocycles. The first-order valence-electron chi connectivity index (χ1n) is 6.80. The van der Waals surface area contributed by atoms with Gasteiger partial charge in [0.05, 0.1) is 10.6 Å². The van der Waals surface area contributed by atoms with Gasteiger partial charge in [-0.1, -0.05) is 5.16 Å². The summed E-state index contributed by atoms with van der Waals surface area (Å²) in [6, 6.07) is 3.61. The third-order valence-electron chi connectivity index (χ3n) is 3.65. The lowest BCUT2D eigenvalue weighted by molar-refractivity contribution is -0.385. The van der Waals surface area contributed by atoms with Crippen LogP contribution >= 0.6 is 0 Å². The van der Waals surface area contributed by atoms with Crippen molar-refractivity contribution in [2.45, 2.75) is 31.7 Å². The second kappa shape index (κ2) is 6.62. The summed E-state index contributed by atoms with van der Waals surface area (Å²) in [5.74, 6) is -0.755. The van der Waals surface area contributed by atoms with Crippen LogP contribution in [0.25, 0.3) is 0 Å². The highest BCUT2D eigenvalue weighted by Crippen LogP contribution is 2.28. The van der Waals surface area contributed by atoms with Crippen LogP contribution in [0, 0.1) is 15.9 Å². The van der Waals surface area contributed by atoms with E-state index in [-0.39, 0.29) is 11.4 Å². The molecule has 0 saturated heterocycles. The molecule has 1 aromatic rings. The third kappa shape index (κ3) is 3.98. The Hall–Kier alpha value is -2.02. The van der Waals surface area contributed by atoms with Crippen molar-refractivity contribution in [3.63, 3.8) is 0 Å². The van der Waals surface area contributed by atoms with Gasteiger partial charge in [-0.05, 0) is 45.8 Å². The van der Waals surface area contributed by atoms with Gasteiger partial charge in [-0.3, -0.25) is 10.1 Å². The summed E-state index contributed by atoms with van der Waals surface area (Å²) in [5.41, 5.74) is 0.564. The zero-order valence-corrected chi connectivity index (χ0v) is 12.1. The Kier molecular flexibility index (Phi) is 4.85. The molecule has 0 unspecified atom stereocenters. The minimum absolute atomic E-state index is 0.165. The lowest BCUT2D eigenvalue weighted by atomic mass is 9.93. The van der Waals surface area contributed by atoms with Crippen molar-refractivity contribution < 1.29 is 14.2 Å². The Bertz CT molecular complexity index is 550. The predicted molar refractivity (Wildman–Crippen MR) is 77.1 cm³/mol. The molecule has 0 amide bonds.